The molecule has 23 heavy (non-hydrogen) atoms. The van der Waals surface area contributed by atoms with Crippen LogP contribution in [0.3, 0.4) is 0 Å². The molecule has 0 aromatic heterocycles. The summed E-state index contributed by atoms with van der Waals surface area (Å²) >= 11 is 0. The first-order valence-corrected chi connectivity index (χ1v) is 7.78. The molecule has 132 valence electrons. The molecule has 0 bridgehead atoms. The zero-order valence-electron chi connectivity index (χ0n) is 13.3. The van der Waals surface area contributed by atoms with E-state index in [0.29, 0.717) is 0 Å². The van der Waals surface area contributed by atoms with Crippen molar-refractivity contribution >= 4 is 5.78 Å². The zero-order chi connectivity index (χ0) is 16.9. The van der Waals surface area contributed by atoms with Crippen molar-refractivity contribution in [3.8, 4) is 0 Å². The molecule has 3 aliphatic rings. The van der Waals surface area contributed by atoms with Crippen LogP contribution < -0.4 is 10.6 Å². The number of ketones is 1. The highest BCUT2D eigenvalue weighted by molar-refractivity contribution is 5.87. The van der Waals surface area contributed by atoms with E-state index in [-0.39, 0.29) is 6.42 Å². The van der Waals surface area contributed by atoms with Gasteiger partial charge < -0.3 is 40.2 Å². The predicted molar refractivity (Wildman–Crippen MR) is 76.4 cm³/mol. The SMILES string of the molecule is CN[C@@H]1[C@H](O)[C@H](NC)C2O[C@@]3(O)C(=O)CC(C)O[C@H]3O[C@@H]2[C@H]1O. The number of carbonyl (C=O) groups is 1. The standard InChI is InChI=1S/C14H24N2O7/c1-5-4-6(17)14(20)13(21-5)22-12-10(19)7(15-2)9(18)8(16-3)11(12)23-14/h5,7-13,15-16,18-20H,4H2,1-3H3/t5?,7-,8+,9+,10+,11?,12-,13+,14+/m1/s1. The summed E-state index contributed by atoms with van der Waals surface area (Å²) in [6.45, 7) is 1.70. The maximum Gasteiger partial charge on any atom is 0.280 e. The van der Waals surface area contributed by atoms with E-state index in [2.05, 4.69) is 10.6 Å². The smallest absolute Gasteiger partial charge is 0.280 e. The first-order chi connectivity index (χ1) is 10.8. The number of nitrogens with one attached hydrogen (secondary N) is 2. The average molecular weight is 332 g/mol. The molecule has 9 nitrogen and oxygen atoms in total. The third-order valence-corrected chi connectivity index (χ3v) is 4.93. The van der Waals surface area contributed by atoms with Crippen molar-refractivity contribution in [1.29, 1.82) is 0 Å². The third kappa shape index (κ3) is 2.52. The van der Waals surface area contributed by atoms with E-state index in [1.165, 1.54) is 0 Å². The van der Waals surface area contributed by atoms with Gasteiger partial charge in [-0.05, 0) is 21.0 Å². The summed E-state index contributed by atoms with van der Waals surface area (Å²) in [6.07, 6.45) is -5.58. The largest absolute Gasteiger partial charge is 0.390 e. The van der Waals surface area contributed by atoms with Crippen LogP contribution in [-0.2, 0) is 19.0 Å². The molecule has 2 heterocycles. The van der Waals surface area contributed by atoms with Crippen LogP contribution in [0.2, 0.25) is 0 Å². The third-order valence-electron chi connectivity index (χ3n) is 4.93. The topological polar surface area (TPSA) is 130 Å². The fraction of sp³-hybridized carbons (Fsp3) is 0.929. The summed E-state index contributed by atoms with van der Waals surface area (Å²) < 4.78 is 16.8. The fourth-order valence-corrected chi connectivity index (χ4v) is 3.68. The molecule has 1 saturated carbocycles. The Morgan fingerprint density at radius 3 is 2.35 bits per heavy atom. The van der Waals surface area contributed by atoms with Crippen molar-refractivity contribution in [3.63, 3.8) is 0 Å². The van der Waals surface area contributed by atoms with E-state index in [1.807, 2.05) is 0 Å². The maximum atomic E-state index is 12.2. The maximum absolute atomic E-state index is 12.2. The lowest BCUT2D eigenvalue weighted by molar-refractivity contribution is -0.420. The van der Waals surface area contributed by atoms with E-state index >= 15 is 0 Å². The second-order valence-electron chi connectivity index (χ2n) is 6.40. The van der Waals surface area contributed by atoms with Gasteiger partial charge in [0.15, 0.2) is 5.78 Å². The van der Waals surface area contributed by atoms with E-state index in [9.17, 15) is 20.1 Å². The lowest BCUT2D eigenvalue weighted by Gasteiger charge is -2.55. The molecule has 3 rings (SSSR count). The van der Waals surface area contributed by atoms with Gasteiger partial charge in [-0.25, -0.2) is 0 Å². The average Bonchev–Trinajstić information content (AvgIpc) is 2.49. The number of carbonyl (C=O) groups excluding carboxylic acids is 1. The van der Waals surface area contributed by atoms with Crippen LogP contribution in [0.4, 0.5) is 0 Å². The lowest BCUT2D eigenvalue weighted by Crippen LogP contribution is -2.77. The number of hydrogen-bond donors (Lipinski definition) is 5. The van der Waals surface area contributed by atoms with Gasteiger partial charge in [0.1, 0.15) is 18.3 Å². The normalized spacial score (nSPS) is 53.6. The van der Waals surface area contributed by atoms with Gasteiger partial charge in [0, 0.05) is 6.42 Å². The monoisotopic (exact) mass is 332 g/mol. The number of hydrogen-bond acceptors (Lipinski definition) is 9. The van der Waals surface area contributed by atoms with Crippen LogP contribution in [0, 0.1) is 0 Å². The van der Waals surface area contributed by atoms with Crippen molar-refractivity contribution < 1.29 is 34.3 Å². The van der Waals surface area contributed by atoms with E-state index in [0.717, 1.165) is 0 Å². The minimum atomic E-state index is -2.23. The van der Waals surface area contributed by atoms with Crippen LogP contribution in [0.25, 0.3) is 0 Å². The van der Waals surface area contributed by atoms with Crippen LogP contribution >= 0.6 is 0 Å². The predicted octanol–water partition coefficient (Wildman–Crippen LogP) is -2.93. The van der Waals surface area contributed by atoms with Crippen LogP contribution in [0.1, 0.15) is 13.3 Å². The summed E-state index contributed by atoms with van der Waals surface area (Å²) in [5.74, 6) is -2.76. The highest BCUT2D eigenvalue weighted by Crippen LogP contribution is 2.40. The number of aliphatic hydroxyl groups excluding tert-OH is 2. The Balaban J connectivity index is 1.92. The van der Waals surface area contributed by atoms with E-state index in [4.69, 9.17) is 14.2 Å². The number of aliphatic hydroxyl groups is 3. The van der Waals surface area contributed by atoms with Crippen molar-refractivity contribution in [2.24, 2.45) is 0 Å². The fourth-order valence-electron chi connectivity index (χ4n) is 3.68. The molecule has 2 aliphatic heterocycles. The zero-order valence-corrected chi connectivity index (χ0v) is 13.3. The number of fused-ring (bicyclic) bond motifs is 2. The molecular weight excluding hydrogens is 308 g/mol. The van der Waals surface area contributed by atoms with Gasteiger partial charge in [0.05, 0.1) is 24.3 Å². The molecule has 9 heteroatoms. The molecule has 2 unspecified atom stereocenters. The van der Waals surface area contributed by atoms with Crippen LogP contribution in [0.5, 0.6) is 0 Å². The summed E-state index contributed by atoms with van der Waals surface area (Å²) in [7, 11) is 3.24. The van der Waals surface area contributed by atoms with Gasteiger partial charge in [-0.1, -0.05) is 0 Å². The molecule has 3 fully saturated rings. The Morgan fingerprint density at radius 2 is 1.74 bits per heavy atom. The van der Waals surface area contributed by atoms with Gasteiger partial charge in [-0.15, -0.1) is 0 Å². The molecule has 5 N–H and O–H groups in total. The number of Topliss-reactive ketones (excluding diaryl/α,β-unsaturated/α-hetero) is 1. The quantitative estimate of drug-likeness (QED) is 0.361. The molecule has 0 aromatic carbocycles. The first-order valence-electron chi connectivity index (χ1n) is 7.78. The number of likely N-dealkylation sites (N-methyl/N-ethyl adjacent to an activating group) is 2. The molecule has 0 aromatic rings. The van der Waals surface area contributed by atoms with Gasteiger partial charge >= 0.3 is 0 Å². The Labute approximate surface area is 133 Å². The van der Waals surface area contributed by atoms with Crippen molar-refractivity contribution in [1.82, 2.24) is 10.6 Å². The van der Waals surface area contributed by atoms with Crippen LogP contribution in [0.15, 0.2) is 0 Å². The Bertz CT molecular complexity index is 478. The Hall–Kier alpha value is -0.650. The first kappa shape index (κ1) is 17.2. The second-order valence-corrected chi connectivity index (χ2v) is 6.40. The summed E-state index contributed by atoms with van der Waals surface area (Å²) in [6, 6.07) is -1.29. The van der Waals surface area contributed by atoms with Crippen molar-refractivity contribution in [2.45, 2.75) is 68.0 Å². The van der Waals surface area contributed by atoms with Crippen molar-refractivity contribution in [2.75, 3.05) is 14.1 Å². The second kappa shape index (κ2) is 6.01. The summed E-state index contributed by atoms with van der Waals surface area (Å²) in [5, 5.41) is 37.2. The minimum Gasteiger partial charge on any atom is -0.390 e. The van der Waals surface area contributed by atoms with Crippen LogP contribution in [-0.4, -0.2) is 89.9 Å². The number of ether oxygens (including phenoxy) is 3. The molecule has 0 amide bonds. The summed E-state index contributed by atoms with van der Waals surface area (Å²) in [4.78, 5) is 12.2. The molecule has 0 spiro atoms. The Morgan fingerprint density at radius 1 is 1.09 bits per heavy atom. The van der Waals surface area contributed by atoms with Gasteiger partial charge in [-0.3, -0.25) is 4.79 Å². The van der Waals surface area contributed by atoms with Gasteiger partial charge in [-0.2, -0.15) is 0 Å². The molecule has 1 aliphatic carbocycles. The summed E-state index contributed by atoms with van der Waals surface area (Å²) in [5.41, 5.74) is 0. The number of rotatable bonds is 2. The van der Waals surface area contributed by atoms with E-state index in [1.54, 1.807) is 21.0 Å². The highest BCUT2D eigenvalue weighted by Gasteiger charge is 2.63. The minimum absolute atomic E-state index is 0.00220. The Kier molecular flexibility index (Phi) is 4.49. The molecule has 9 atom stereocenters. The van der Waals surface area contributed by atoms with Gasteiger partial charge in [0.25, 0.3) is 5.79 Å². The van der Waals surface area contributed by atoms with Crippen molar-refractivity contribution in [3.05, 3.63) is 0 Å². The lowest BCUT2D eigenvalue weighted by atomic mass is 9.80. The molecular formula is C14H24N2O7. The van der Waals surface area contributed by atoms with E-state index < -0.39 is 60.5 Å². The van der Waals surface area contributed by atoms with Gasteiger partial charge in [0.2, 0.25) is 6.29 Å². The molecule has 2 saturated heterocycles. The highest BCUT2D eigenvalue weighted by atomic mass is 16.8. The molecule has 0 radical (unpaired) electrons.